The molecule has 0 spiro atoms. The summed E-state index contributed by atoms with van der Waals surface area (Å²) in [6.07, 6.45) is 1.26. The Labute approximate surface area is 122 Å². The van der Waals surface area contributed by atoms with Crippen molar-refractivity contribution < 1.29 is 4.39 Å². The van der Waals surface area contributed by atoms with E-state index in [0.717, 1.165) is 24.3 Å². The minimum Gasteiger partial charge on any atom is -0.368 e. The Morgan fingerprint density at radius 3 is 2.75 bits per heavy atom. The summed E-state index contributed by atoms with van der Waals surface area (Å²) < 4.78 is 14.2. The van der Waals surface area contributed by atoms with E-state index in [1.54, 1.807) is 6.07 Å². The van der Waals surface area contributed by atoms with Gasteiger partial charge in [-0.2, -0.15) is 0 Å². The summed E-state index contributed by atoms with van der Waals surface area (Å²) in [7, 11) is 0. The third-order valence-electron chi connectivity index (χ3n) is 4.55. The van der Waals surface area contributed by atoms with Crippen LogP contribution in [-0.2, 0) is 6.54 Å². The van der Waals surface area contributed by atoms with Crippen molar-refractivity contribution in [1.29, 1.82) is 0 Å². The monoisotopic (exact) mass is 278 g/mol. The van der Waals surface area contributed by atoms with Crippen molar-refractivity contribution in [1.82, 2.24) is 5.32 Å². The average molecular weight is 278 g/mol. The first kappa shape index (κ1) is 15.3. The molecule has 1 aliphatic heterocycles. The van der Waals surface area contributed by atoms with E-state index in [4.69, 9.17) is 0 Å². The molecule has 0 amide bonds. The summed E-state index contributed by atoms with van der Waals surface area (Å²) in [6.45, 7) is 11.4. The maximum Gasteiger partial charge on any atom is 0.129 e. The molecule has 1 N–H and O–H groups in total. The number of rotatable bonds is 4. The highest BCUT2D eigenvalue weighted by atomic mass is 19.1. The van der Waals surface area contributed by atoms with Crippen molar-refractivity contribution in [2.24, 2.45) is 11.8 Å². The van der Waals surface area contributed by atoms with Crippen LogP contribution in [0.5, 0.6) is 0 Å². The van der Waals surface area contributed by atoms with E-state index in [1.807, 2.05) is 13.0 Å². The Bertz CT molecular complexity index is 447. The third kappa shape index (κ3) is 3.14. The number of hydrogen-bond acceptors (Lipinski definition) is 2. The van der Waals surface area contributed by atoms with Gasteiger partial charge in [-0.25, -0.2) is 4.39 Å². The average Bonchev–Trinajstić information content (AvgIpc) is 2.41. The molecule has 3 heteroatoms. The van der Waals surface area contributed by atoms with E-state index in [2.05, 4.69) is 37.1 Å². The lowest BCUT2D eigenvalue weighted by Gasteiger charge is -2.43. The van der Waals surface area contributed by atoms with Crippen molar-refractivity contribution in [3.8, 4) is 0 Å². The summed E-state index contributed by atoms with van der Waals surface area (Å²) in [6, 6.07) is 5.93. The molecule has 3 atom stereocenters. The Morgan fingerprint density at radius 1 is 1.30 bits per heavy atom. The van der Waals surface area contributed by atoms with Gasteiger partial charge in [0.15, 0.2) is 0 Å². The standard InChI is InChI=1S/C17H27FN2/c1-5-19-10-15-16(18)7-6-8-17(15)20-11-12(2)9-13(3)14(20)4/h6-8,12-14,19H,5,9-11H2,1-4H3. The Hall–Kier alpha value is -1.09. The molecule has 0 aromatic heterocycles. The zero-order chi connectivity index (χ0) is 14.7. The van der Waals surface area contributed by atoms with Crippen LogP contribution >= 0.6 is 0 Å². The largest absolute Gasteiger partial charge is 0.368 e. The molecule has 1 saturated heterocycles. The molecule has 1 heterocycles. The Kier molecular flexibility index (Phi) is 5.03. The third-order valence-corrected chi connectivity index (χ3v) is 4.55. The zero-order valence-electron chi connectivity index (χ0n) is 13.1. The highest BCUT2D eigenvalue weighted by Gasteiger charge is 2.30. The summed E-state index contributed by atoms with van der Waals surface area (Å²) in [5.41, 5.74) is 1.87. The second-order valence-corrected chi connectivity index (χ2v) is 6.23. The number of benzene rings is 1. The van der Waals surface area contributed by atoms with Crippen LogP contribution in [0.4, 0.5) is 10.1 Å². The minimum atomic E-state index is -0.0958. The van der Waals surface area contributed by atoms with Gasteiger partial charge < -0.3 is 10.2 Å². The summed E-state index contributed by atoms with van der Waals surface area (Å²) in [5, 5.41) is 3.26. The van der Waals surface area contributed by atoms with Gasteiger partial charge in [-0.15, -0.1) is 0 Å². The lowest BCUT2D eigenvalue weighted by molar-refractivity contribution is 0.296. The van der Waals surface area contributed by atoms with Crippen LogP contribution in [-0.4, -0.2) is 19.1 Å². The molecular formula is C17H27FN2. The molecule has 0 aliphatic carbocycles. The van der Waals surface area contributed by atoms with Crippen LogP contribution < -0.4 is 10.2 Å². The van der Waals surface area contributed by atoms with Crippen LogP contribution in [0.3, 0.4) is 0 Å². The zero-order valence-corrected chi connectivity index (χ0v) is 13.1. The predicted octanol–water partition coefficient (Wildman–Crippen LogP) is 3.81. The van der Waals surface area contributed by atoms with Gasteiger partial charge in [0.1, 0.15) is 5.82 Å². The first-order valence-electron chi connectivity index (χ1n) is 7.79. The quantitative estimate of drug-likeness (QED) is 0.901. The van der Waals surface area contributed by atoms with E-state index in [0.29, 0.717) is 24.4 Å². The molecule has 20 heavy (non-hydrogen) atoms. The van der Waals surface area contributed by atoms with E-state index < -0.39 is 0 Å². The molecule has 112 valence electrons. The number of halogens is 1. The van der Waals surface area contributed by atoms with Gasteiger partial charge in [0.25, 0.3) is 0 Å². The Morgan fingerprint density at radius 2 is 2.05 bits per heavy atom. The highest BCUT2D eigenvalue weighted by molar-refractivity contribution is 5.55. The molecule has 2 rings (SSSR count). The smallest absolute Gasteiger partial charge is 0.129 e. The number of nitrogens with zero attached hydrogens (tertiary/aromatic N) is 1. The van der Waals surface area contributed by atoms with Gasteiger partial charge in [0, 0.05) is 30.4 Å². The maximum absolute atomic E-state index is 14.2. The number of piperidine rings is 1. The van der Waals surface area contributed by atoms with Crippen molar-refractivity contribution >= 4 is 5.69 Å². The first-order chi connectivity index (χ1) is 9.54. The molecule has 0 saturated carbocycles. The topological polar surface area (TPSA) is 15.3 Å². The molecule has 0 bridgehead atoms. The molecule has 2 nitrogen and oxygen atoms in total. The summed E-state index contributed by atoms with van der Waals surface area (Å²) in [4.78, 5) is 2.40. The van der Waals surface area contributed by atoms with Crippen molar-refractivity contribution in [2.45, 2.75) is 46.7 Å². The molecular weight excluding hydrogens is 251 g/mol. The van der Waals surface area contributed by atoms with Crippen molar-refractivity contribution in [3.05, 3.63) is 29.6 Å². The second kappa shape index (κ2) is 6.57. The molecule has 1 fully saturated rings. The first-order valence-corrected chi connectivity index (χ1v) is 7.79. The van der Waals surface area contributed by atoms with Gasteiger partial charge in [-0.1, -0.05) is 26.8 Å². The van der Waals surface area contributed by atoms with E-state index in [-0.39, 0.29) is 5.82 Å². The van der Waals surface area contributed by atoms with Crippen LogP contribution in [0.1, 0.15) is 39.7 Å². The van der Waals surface area contributed by atoms with Gasteiger partial charge in [-0.05, 0) is 43.9 Å². The fraction of sp³-hybridized carbons (Fsp3) is 0.647. The second-order valence-electron chi connectivity index (χ2n) is 6.23. The van der Waals surface area contributed by atoms with Gasteiger partial charge >= 0.3 is 0 Å². The highest BCUT2D eigenvalue weighted by Crippen LogP contribution is 2.34. The van der Waals surface area contributed by atoms with E-state index >= 15 is 0 Å². The lowest BCUT2D eigenvalue weighted by atomic mass is 9.85. The molecule has 0 radical (unpaired) electrons. The summed E-state index contributed by atoms with van der Waals surface area (Å²) >= 11 is 0. The van der Waals surface area contributed by atoms with Crippen LogP contribution in [0.25, 0.3) is 0 Å². The van der Waals surface area contributed by atoms with Crippen LogP contribution in [0.2, 0.25) is 0 Å². The molecule has 1 aliphatic rings. The minimum absolute atomic E-state index is 0.0958. The van der Waals surface area contributed by atoms with Gasteiger partial charge in [0.05, 0.1) is 0 Å². The number of hydrogen-bond donors (Lipinski definition) is 1. The van der Waals surface area contributed by atoms with Crippen molar-refractivity contribution in [3.63, 3.8) is 0 Å². The van der Waals surface area contributed by atoms with Crippen LogP contribution in [0, 0.1) is 17.7 Å². The fourth-order valence-electron chi connectivity index (χ4n) is 3.27. The fourth-order valence-corrected chi connectivity index (χ4v) is 3.27. The van der Waals surface area contributed by atoms with E-state index in [9.17, 15) is 4.39 Å². The summed E-state index contributed by atoms with van der Waals surface area (Å²) in [5.74, 6) is 1.21. The molecule has 1 aromatic rings. The normalized spacial score (nSPS) is 26.9. The van der Waals surface area contributed by atoms with Gasteiger partial charge in [-0.3, -0.25) is 0 Å². The number of anilines is 1. The molecule has 3 unspecified atom stereocenters. The lowest BCUT2D eigenvalue weighted by Crippen LogP contribution is -2.46. The van der Waals surface area contributed by atoms with Gasteiger partial charge in [0.2, 0.25) is 0 Å². The van der Waals surface area contributed by atoms with E-state index in [1.165, 1.54) is 6.42 Å². The van der Waals surface area contributed by atoms with Crippen LogP contribution in [0.15, 0.2) is 18.2 Å². The molecule has 1 aromatic carbocycles. The SMILES string of the molecule is CCNCc1c(F)cccc1N1CC(C)CC(C)C1C. The number of nitrogens with one attached hydrogen (secondary N) is 1. The Balaban J connectivity index is 2.32. The maximum atomic E-state index is 14.2. The predicted molar refractivity (Wildman–Crippen MR) is 83.5 cm³/mol. The van der Waals surface area contributed by atoms with Crippen molar-refractivity contribution in [2.75, 3.05) is 18.0 Å².